The minimum atomic E-state index is 0.273. The molecule has 1 fully saturated rings. The molecule has 11 heavy (non-hydrogen) atoms. The van der Waals surface area contributed by atoms with Crippen LogP contribution in [0.4, 0.5) is 0 Å². The van der Waals surface area contributed by atoms with Crippen molar-refractivity contribution in [3.63, 3.8) is 0 Å². The zero-order valence-electron chi connectivity index (χ0n) is 6.92. The molecule has 0 radical (unpaired) electrons. The summed E-state index contributed by atoms with van der Waals surface area (Å²) in [6.45, 7) is 1.17. The van der Waals surface area contributed by atoms with E-state index in [0.29, 0.717) is 12.1 Å². The van der Waals surface area contributed by atoms with Gasteiger partial charge in [-0.2, -0.15) is 0 Å². The molecule has 0 aromatic heterocycles. The molecule has 1 aliphatic carbocycles. The van der Waals surface area contributed by atoms with Crippen molar-refractivity contribution in [3.8, 4) is 0 Å². The molecule has 0 bridgehead atoms. The maximum absolute atomic E-state index is 8.53. The van der Waals surface area contributed by atoms with Crippen molar-refractivity contribution in [2.45, 2.75) is 37.8 Å². The first-order valence-electron chi connectivity index (χ1n) is 4.44. The van der Waals surface area contributed by atoms with E-state index in [1.54, 1.807) is 0 Å². The highest BCUT2D eigenvalue weighted by Crippen LogP contribution is 2.16. The second-order valence-electron chi connectivity index (χ2n) is 3.23. The van der Waals surface area contributed by atoms with Crippen LogP contribution >= 0.6 is 0 Å². The molecule has 4 N–H and O–H groups in total. The lowest BCUT2D eigenvalue weighted by Gasteiger charge is -2.16. The molecule has 2 unspecified atom stereocenters. The van der Waals surface area contributed by atoms with Crippen LogP contribution < -0.4 is 11.1 Å². The van der Waals surface area contributed by atoms with Crippen LogP contribution in [0.1, 0.15) is 25.7 Å². The second-order valence-corrected chi connectivity index (χ2v) is 3.23. The summed E-state index contributed by atoms with van der Waals surface area (Å²) >= 11 is 0. The SMILES string of the molecule is NC1CCCC1NCCCO. The first-order valence-corrected chi connectivity index (χ1v) is 4.44. The number of rotatable bonds is 4. The van der Waals surface area contributed by atoms with Gasteiger partial charge in [0.2, 0.25) is 0 Å². The zero-order valence-corrected chi connectivity index (χ0v) is 6.92. The fourth-order valence-electron chi connectivity index (χ4n) is 1.61. The van der Waals surface area contributed by atoms with Gasteiger partial charge in [-0.3, -0.25) is 0 Å². The third-order valence-corrected chi connectivity index (χ3v) is 2.31. The van der Waals surface area contributed by atoms with Gasteiger partial charge in [-0.15, -0.1) is 0 Å². The summed E-state index contributed by atoms with van der Waals surface area (Å²) < 4.78 is 0. The van der Waals surface area contributed by atoms with Crippen molar-refractivity contribution in [2.24, 2.45) is 5.73 Å². The maximum atomic E-state index is 8.53. The lowest BCUT2D eigenvalue weighted by Crippen LogP contribution is -2.41. The van der Waals surface area contributed by atoms with Crippen molar-refractivity contribution in [3.05, 3.63) is 0 Å². The Hall–Kier alpha value is -0.120. The maximum Gasteiger partial charge on any atom is 0.0443 e. The number of aliphatic hydroxyl groups is 1. The van der Waals surface area contributed by atoms with Gasteiger partial charge in [-0.25, -0.2) is 0 Å². The summed E-state index contributed by atoms with van der Waals surface area (Å²) in [7, 11) is 0. The standard InChI is InChI=1S/C8H18N2O/c9-7-3-1-4-8(7)10-5-2-6-11/h7-8,10-11H,1-6,9H2. The lowest BCUT2D eigenvalue weighted by molar-refractivity contribution is 0.282. The van der Waals surface area contributed by atoms with Crippen molar-refractivity contribution in [1.29, 1.82) is 0 Å². The van der Waals surface area contributed by atoms with Crippen LogP contribution in [0, 0.1) is 0 Å². The van der Waals surface area contributed by atoms with Gasteiger partial charge < -0.3 is 16.2 Å². The van der Waals surface area contributed by atoms with Gasteiger partial charge in [-0.1, -0.05) is 6.42 Å². The monoisotopic (exact) mass is 158 g/mol. The highest BCUT2D eigenvalue weighted by atomic mass is 16.3. The molecule has 3 heteroatoms. The molecule has 0 saturated heterocycles. The molecular formula is C8H18N2O. The van der Waals surface area contributed by atoms with E-state index in [4.69, 9.17) is 10.8 Å². The highest BCUT2D eigenvalue weighted by molar-refractivity contribution is 4.85. The fourth-order valence-corrected chi connectivity index (χ4v) is 1.61. The lowest BCUT2D eigenvalue weighted by atomic mass is 10.2. The first-order chi connectivity index (χ1) is 5.34. The molecule has 0 amide bonds. The first kappa shape index (κ1) is 8.97. The predicted molar refractivity (Wildman–Crippen MR) is 45.3 cm³/mol. The van der Waals surface area contributed by atoms with E-state index in [0.717, 1.165) is 19.4 Å². The fraction of sp³-hybridized carbons (Fsp3) is 1.00. The number of nitrogens with two attached hydrogens (primary N) is 1. The molecule has 1 aliphatic rings. The van der Waals surface area contributed by atoms with Crippen LogP contribution in [-0.2, 0) is 0 Å². The van der Waals surface area contributed by atoms with Crippen LogP contribution in [0.2, 0.25) is 0 Å². The van der Waals surface area contributed by atoms with Gasteiger partial charge in [0, 0.05) is 18.7 Å². The Morgan fingerprint density at radius 3 is 2.82 bits per heavy atom. The minimum Gasteiger partial charge on any atom is -0.396 e. The second kappa shape index (κ2) is 4.70. The third kappa shape index (κ3) is 2.77. The molecule has 0 heterocycles. The van der Waals surface area contributed by atoms with Gasteiger partial charge in [0.1, 0.15) is 0 Å². The Bertz CT molecular complexity index is 108. The van der Waals surface area contributed by atoms with Gasteiger partial charge >= 0.3 is 0 Å². The molecular weight excluding hydrogens is 140 g/mol. The van der Waals surface area contributed by atoms with E-state index in [9.17, 15) is 0 Å². The molecule has 0 spiro atoms. The molecule has 66 valence electrons. The quantitative estimate of drug-likeness (QED) is 0.498. The summed E-state index contributed by atoms with van der Waals surface area (Å²) in [5.74, 6) is 0. The topological polar surface area (TPSA) is 58.3 Å². The van der Waals surface area contributed by atoms with Crippen molar-refractivity contribution in [2.75, 3.05) is 13.2 Å². The molecule has 0 aromatic rings. The van der Waals surface area contributed by atoms with Crippen LogP contribution in [0.15, 0.2) is 0 Å². The van der Waals surface area contributed by atoms with Crippen molar-refractivity contribution in [1.82, 2.24) is 5.32 Å². The Morgan fingerprint density at radius 2 is 2.27 bits per heavy atom. The summed E-state index contributed by atoms with van der Waals surface area (Å²) in [4.78, 5) is 0. The zero-order chi connectivity index (χ0) is 8.10. The molecule has 2 atom stereocenters. The molecule has 3 nitrogen and oxygen atoms in total. The van der Waals surface area contributed by atoms with Crippen LogP contribution in [0.25, 0.3) is 0 Å². The summed E-state index contributed by atoms with van der Waals surface area (Å²) in [6.07, 6.45) is 4.44. The Balaban J connectivity index is 2.05. The number of hydrogen-bond acceptors (Lipinski definition) is 3. The third-order valence-electron chi connectivity index (χ3n) is 2.31. The number of aliphatic hydroxyl groups excluding tert-OH is 1. The van der Waals surface area contributed by atoms with Crippen molar-refractivity contribution >= 4 is 0 Å². The minimum absolute atomic E-state index is 0.273. The molecule has 0 aromatic carbocycles. The van der Waals surface area contributed by atoms with E-state index in [2.05, 4.69) is 5.32 Å². The van der Waals surface area contributed by atoms with Crippen LogP contribution in [0.3, 0.4) is 0 Å². The number of nitrogens with one attached hydrogen (secondary N) is 1. The van der Waals surface area contributed by atoms with E-state index >= 15 is 0 Å². The van der Waals surface area contributed by atoms with E-state index in [1.807, 2.05) is 0 Å². The van der Waals surface area contributed by atoms with Gasteiger partial charge in [0.15, 0.2) is 0 Å². The number of hydrogen-bond donors (Lipinski definition) is 3. The smallest absolute Gasteiger partial charge is 0.0443 e. The Morgan fingerprint density at radius 1 is 1.45 bits per heavy atom. The van der Waals surface area contributed by atoms with Crippen molar-refractivity contribution < 1.29 is 5.11 Å². The summed E-state index contributed by atoms with van der Waals surface area (Å²) in [5, 5.41) is 11.9. The normalized spacial score (nSPS) is 31.1. The predicted octanol–water partition coefficient (Wildman–Crippen LogP) is -0.162. The molecule has 0 aliphatic heterocycles. The van der Waals surface area contributed by atoms with Gasteiger partial charge in [-0.05, 0) is 25.8 Å². The van der Waals surface area contributed by atoms with E-state index in [1.165, 1.54) is 12.8 Å². The Labute approximate surface area is 68.0 Å². The average Bonchev–Trinajstić information content (AvgIpc) is 2.37. The van der Waals surface area contributed by atoms with Gasteiger partial charge in [0.05, 0.1) is 0 Å². The largest absolute Gasteiger partial charge is 0.396 e. The van der Waals surface area contributed by atoms with E-state index in [-0.39, 0.29) is 6.61 Å². The van der Waals surface area contributed by atoms with Crippen LogP contribution in [0.5, 0.6) is 0 Å². The Kier molecular flexibility index (Phi) is 3.83. The summed E-state index contributed by atoms with van der Waals surface area (Å²) in [5.41, 5.74) is 5.84. The molecule has 1 rings (SSSR count). The van der Waals surface area contributed by atoms with Gasteiger partial charge in [0.25, 0.3) is 0 Å². The summed E-state index contributed by atoms with van der Waals surface area (Å²) in [6, 6.07) is 0.843. The molecule has 1 saturated carbocycles. The van der Waals surface area contributed by atoms with E-state index < -0.39 is 0 Å². The highest BCUT2D eigenvalue weighted by Gasteiger charge is 2.22. The van der Waals surface area contributed by atoms with Crippen LogP contribution in [-0.4, -0.2) is 30.3 Å². The average molecular weight is 158 g/mol.